The number of hydrogen-bond acceptors (Lipinski definition) is 7. The van der Waals surface area contributed by atoms with Crippen LogP contribution in [-0.4, -0.2) is 57.9 Å². The number of nitrogens with two attached hydrogens (primary N) is 1. The SMILES string of the molecule is COCCCN(CCOC)CCC(=O)ONN. The summed E-state index contributed by atoms with van der Waals surface area (Å²) >= 11 is 0. The fraction of sp³-hybridized carbons (Fsp3) is 0.900. The van der Waals surface area contributed by atoms with Crippen LogP contribution in [0, 0.1) is 0 Å². The molecule has 0 saturated heterocycles. The summed E-state index contributed by atoms with van der Waals surface area (Å²) < 4.78 is 10.00. The van der Waals surface area contributed by atoms with E-state index in [-0.39, 0.29) is 5.97 Å². The van der Waals surface area contributed by atoms with Gasteiger partial charge in [0.2, 0.25) is 0 Å². The van der Waals surface area contributed by atoms with E-state index in [1.807, 2.05) is 5.59 Å². The number of nitrogens with one attached hydrogen (secondary N) is 1. The first kappa shape index (κ1) is 16.3. The highest BCUT2D eigenvalue weighted by molar-refractivity contribution is 5.69. The number of nitrogens with zero attached hydrogens (tertiary/aromatic N) is 1. The minimum Gasteiger partial charge on any atom is -0.385 e. The Kier molecular flexibility index (Phi) is 11.2. The Morgan fingerprint density at radius 3 is 2.47 bits per heavy atom. The number of rotatable bonds is 11. The summed E-state index contributed by atoms with van der Waals surface area (Å²) in [5.74, 6) is 4.50. The van der Waals surface area contributed by atoms with E-state index in [2.05, 4.69) is 9.74 Å². The summed E-state index contributed by atoms with van der Waals surface area (Å²) in [5.41, 5.74) is 1.87. The van der Waals surface area contributed by atoms with Gasteiger partial charge in [-0.15, -0.1) is 0 Å². The van der Waals surface area contributed by atoms with Crippen molar-refractivity contribution in [1.29, 1.82) is 0 Å². The summed E-state index contributed by atoms with van der Waals surface area (Å²) in [6, 6.07) is 0. The van der Waals surface area contributed by atoms with Crippen LogP contribution in [0.1, 0.15) is 12.8 Å². The minimum atomic E-state index is -0.373. The molecule has 0 bridgehead atoms. The first-order chi connectivity index (χ1) is 8.24. The second kappa shape index (κ2) is 11.7. The van der Waals surface area contributed by atoms with Gasteiger partial charge in [0.25, 0.3) is 0 Å². The van der Waals surface area contributed by atoms with Gasteiger partial charge in [-0.25, -0.2) is 5.84 Å². The molecule has 0 aromatic carbocycles. The maximum absolute atomic E-state index is 11.1. The number of hydrazine groups is 1. The molecule has 0 rings (SSSR count). The van der Waals surface area contributed by atoms with Gasteiger partial charge in [0, 0.05) is 40.5 Å². The lowest BCUT2D eigenvalue weighted by molar-refractivity contribution is -0.151. The largest absolute Gasteiger partial charge is 0.385 e. The van der Waals surface area contributed by atoms with E-state index in [0.717, 1.165) is 19.5 Å². The third-order valence-corrected chi connectivity index (χ3v) is 2.24. The molecule has 0 aromatic rings. The molecule has 0 fully saturated rings. The Balaban J connectivity index is 3.78. The zero-order chi connectivity index (χ0) is 12.9. The zero-order valence-corrected chi connectivity index (χ0v) is 10.6. The predicted molar refractivity (Wildman–Crippen MR) is 62.8 cm³/mol. The van der Waals surface area contributed by atoms with Crippen molar-refractivity contribution in [2.45, 2.75) is 12.8 Å². The Bertz CT molecular complexity index is 192. The molecule has 3 N–H and O–H groups in total. The van der Waals surface area contributed by atoms with Crippen LogP contribution in [0.5, 0.6) is 0 Å². The monoisotopic (exact) mass is 249 g/mol. The fourth-order valence-electron chi connectivity index (χ4n) is 1.35. The maximum atomic E-state index is 11.1. The van der Waals surface area contributed by atoms with E-state index >= 15 is 0 Å². The highest BCUT2D eigenvalue weighted by Crippen LogP contribution is 1.96. The standard InChI is InChI=1S/C10H23N3O4/c1-15-8-3-5-13(7-9-16-2)6-4-10(14)17-12-11/h12H,3-9,11H2,1-2H3. The van der Waals surface area contributed by atoms with E-state index in [1.54, 1.807) is 14.2 Å². The number of ether oxygens (including phenoxy) is 2. The van der Waals surface area contributed by atoms with Crippen molar-refractivity contribution in [2.24, 2.45) is 5.84 Å². The quantitative estimate of drug-likeness (QED) is 0.284. The van der Waals surface area contributed by atoms with Crippen LogP contribution in [0.3, 0.4) is 0 Å². The second-order valence-electron chi connectivity index (χ2n) is 3.52. The number of hydrogen-bond donors (Lipinski definition) is 2. The number of carbonyl (C=O) groups excluding carboxylic acids is 1. The lowest BCUT2D eigenvalue weighted by Gasteiger charge is -2.21. The van der Waals surface area contributed by atoms with Gasteiger partial charge in [-0.1, -0.05) is 5.59 Å². The summed E-state index contributed by atoms with van der Waals surface area (Å²) in [5, 5.41) is 0. The van der Waals surface area contributed by atoms with Crippen LogP contribution in [0.2, 0.25) is 0 Å². The average Bonchev–Trinajstić information content (AvgIpc) is 2.32. The smallest absolute Gasteiger partial charge is 0.327 e. The van der Waals surface area contributed by atoms with Gasteiger partial charge in [-0.05, 0) is 6.42 Å². The van der Waals surface area contributed by atoms with Crippen molar-refractivity contribution >= 4 is 5.97 Å². The normalized spacial score (nSPS) is 10.8. The molecular formula is C10H23N3O4. The third-order valence-electron chi connectivity index (χ3n) is 2.24. The molecule has 0 radical (unpaired) electrons. The van der Waals surface area contributed by atoms with Gasteiger partial charge in [-0.2, -0.15) is 0 Å². The first-order valence-corrected chi connectivity index (χ1v) is 5.60. The van der Waals surface area contributed by atoms with Gasteiger partial charge < -0.3 is 19.2 Å². The molecule has 0 aliphatic rings. The number of methoxy groups -OCH3 is 2. The summed E-state index contributed by atoms with van der Waals surface area (Å²) in [4.78, 5) is 17.7. The lowest BCUT2D eigenvalue weighted by atomic mass is 10.3. The van der Waals surface area contributed by atoms with Crippen molar-refractivity contribution in [3.8, 4) is 0 Å². The van der Waals surface area contributed by atoms with Crippen LogP contribution in [0.4, 0.5) is 0 Å². The molecule has 0 saturated carbocycles. The molecule has 0 amide bonds. The topological polar surface area (TPSA) is 86.0 Å². The highest BCUT2D eigenvalue weighted by atomic mass is 16.7. The van der Waals surface area contributed by atoms with Crippen molar-refractivity contribution in [1.82, 2.24) is 10.5 Å². The first-order valence-electron chi connectivity index (χ1n) is 5.60. The van der Waals surface area contributed by atoms with Crippen LogP contribution >= 0.6 is 0 Å². The molecule has 0 heterocycles. The van der Waals surface area contributed by atoms with Crippen LogP contribution in [0.25, 0.3) is 0 Å². The van der Waals surface area contributed by atoms with Crippen molar-refractivity contribution < 1.29 is 19.1 Å². The van der Waals surface area contributed by atoms with Gasteiger partial charge >= 0.3 is 5.97 Å². The average molecular weight is 249 g/mol. The second-order valence-corrected chi connectivity index (χ2v) is 3.52. The van der Waals surface area contributed by atoms with E-state index in [4.69, 9.17) is 15.3 Å². The molecule has 0 atom stereocenters. The van der Waals surface area contributed by atoms with E-state index < -0.39 is 0 Å². The van der Waals surface area contributed by atoms with Gasteiger partial charge in [0.05, 0.1) is 13.0 Å². The summed E-state index contributed by atoms with van der Waals surface area (Å²) in [7, 11) is 3.32. The highest BCUT2D eigenvalue weighted by Gasteiger charge is 2.08. The molecule has 17 heavy (non-hydrogen) atoms. The molecule has 0 unspecified atom stereocenters. The lowest BCUT2D eigenvalue weighted by Crippen LogP contribution is -2.33. The predicted octanol–water partition coefficient (Wildman–Crippen LogP) is -0.717. The fourth-order valence-corrected chi connectivity index (χ4v) is 1.35. The molecule has 7 heteroatoms. The molecule has 0 aliphatic heterocycles. The van der Waals surface area contributed by atoms with Crippen LogP contribution < -0.4 is 11.4 Å². The van der Waals surface area contributed by atoms with Crippen LogP contribution in [0.15, 0.2) is 0 Å². The Morgan fingerprint density at radius 2 is 1.88 bits per heavy atom. The van der Waals surface area contributed by atoms with Gasteiger partial charge in [0.15, 0.2) is 0 Å². The van der Waals surface area contributed by atoms with Crippen molar-refractivity contribution in [3.05, 3.63) is 0 Å². The summed E-state index contributed by atoms with van der Waals surface area (Å²) in [6.07, 6.45) is 1.21. The van der Waals surface area contributed by atoms with Gasteiger partial charge in [0.1, 0.15) is 0 Å². The van der Waals surface area contributed by atoms with E-state index in [0.29, 0.717) is 26.2 Å². The zero-order valence-electron chi connectivity index (χ0n) is 10.6. The van der Waals surface area contributed by atoms with Crippen LogP contribution in [-0.2, 0) is 19.1 Å². The van der Waals surface area contributed by atoms with E-state index in [9.17, 15) is 4.79 Å². The molecule has 102 valence electrons. The Labute approximate surface area is 102 Å². The van der Waals surface area contributed by atoms with E-state index in [1.165, 1.54) is 0 Å². The maximum Gasteiger partial charge on any atom is 0.327 e. The van der Waals surface area contributed by atoms with Crippen molar-refractivity contribution in [2.75, 3.05) is 47.1 Å². The Hall–Kier alpha value is -0.730. The van der Waals surface area contributed by atoms with Crippen molar-refractivity contribution in [3.63, 3.8) is 0 Å². The molecule has 0 spiro atoms. The molecule has 0 aromatic heterocycles. The minimum absolute atomic E-state index is 0.293. The Morgan fingerprint density at radius 1 is 1.18 bits per heavy atom. The third kappa shape index (κ3) is 10.2. The molecule has 7 nitrogen and oxygen atoms in total. The van der Waals surface area contributed by atoms with Gasteiger partial charge in [-0.3, -0.25) is 4.79 Å². The molecular weight excluding hydrogens is 226 g/mol. The summed E-state index contributed by atoms with van der Waals surface area (Å²) in [6.45, 7) is 3.60. The number of carbonyl (C=O) groups is 1. The molecule has 0 aliphatic carbocycles.